The second kappa shape index (κ2) is 8.47. The van der Waals surface area contributed by atoms with Gasteiger partial charge in [0.1, 0.15) is 0 Å². The molecule has 0 heterocycles. The summed E-state index contributed by atoms with van der Waals surface area (Å²) in [5.74, 6) is -0.832. The van der Waals surface area contributed by atoms with Crippen LogP contribution in [0.3, 0.4) is 0 Å². The van der Waals surface area contributed by atoms with E-state index in [2.05, 4.69) is 15.8 Å². The molecular weight excluding hydrogens is 362 g/mol. The van der Waals surface area contributed by atoms with Gasteiger partial charge in [-0.25, -0.2) is 5.43 Å². The van der Waals surface area contributed by atoms with Gasteiger partial charge in [-0.3, -0.25) is 9.59 Å². The quantitative estimate of drug-likeness (QED) is 0.523. The Balaban J connectivity index is 1.58. The Morgan fingerprint density at radius 2 is 1.67 bits per heavy atom. The number of nitrogens with zero attached hydrogens (tertiary/aromatic N) is 1. The van der Waals surface area contributed by atoms with Gasteiger partial charge in [-0.1, -0.05) is 60.1 Å². The third kappa shape index (κ3) is 4.71. The normalized spacial score (nSPS) is 11.3. The van der Waals surface area contributed by atoms with E-state index in [-0.39, 0.29) is 6.54 Å². The lowest BCUT2D eigenvalue weighted by Crippen LogP contribution is -2.35. The monoisotopic (exact) mass is 379 g/mol. The Hall–Kier alpha value is -3.18. The summed E-state index contributed by atoms with van der Waals surface area (Å²) in [6, 6.07) is 20.6. The summed E-state index contributed by atoms with van der Waals surface area (Å²) >= 11 is 5.96. The average Bonchev–Trinajstić information content (AvgIpc) is 2.70. The maximum Gasteiger partial charge on any atom is 0.259 e. The van der Waals surface area contributed by atoms with Gasteiger partial charge in [0.2, 0.25) is 0 Å². The summed E-state index contributed by atoms with van der Waals surface area (Å²) in [6.07, 6.45) is 0. The predicted molar refractivity (Wildman–Crippen MR) is 108 cm³/mol. The maximum absolute atomic E-state index is 12.0. The van der Waals surface area contributed by atoms with Crippen molar-refractivity contribution in [2.45, 2.75) is 6.92 Å². The van der Waals surface area contributed by atoms with E-state index in [4.69, 9.17) is 11.6 Å². The third-order valence-corrected chi connectivity index (χ3v) is 4.37. The van der Waals surface area contributed by atoms with Gasteiger partial charge >= 0.3 is 0 Å². The van der Waals surface area contributed by atoms with Crippen molar-refractivity contribution in [3.63, 3.8) is 0 Å². The van der Waals surface area contributed by atoms with Crippen LogP contribution in [0.1, 0.15) is 22.8 Å². The molecule has 0 saturated carbocycles. The number of hydrogen-bond acceptors (Lipinski definition) is 3. The minimum atomic E-state index is -0.421. The van der Waals surface area contributed by atoms with Crippen LogP contribution in [-0.2, 0) is 4.79 Å². The molecule has 2 N–H and O–H groups in total. The topological polar surface area (TPSA) is 70.6 Å². The first-order valence-corrected chi connectivity index (χ1v) is 8.77. The Kier molecular flexibility index (Phi) is 5.84. The highest BCUT2D eigenvalue weighted by Gasteiger charge is 2.10. The van der Waals surface area contributed by atoms with E-state index in [0.717, 1.165) is 16.3 Å². The Morgan fingerprint density at radius 3 is 2.44 bits per heavy atom. The van der Waals surface area contributed by atoms with Gasteiger partial charge in [0, 0.05) is 0 Å². The van der Waals surface area contributed by atoms with Crippen molar-refractivity contribution in [1.82, 2.24) is 10.7 Å². The molecule has 2 amide bonds. The molecule has 3 aromatic rings. The summed E-state index contributed by atoms with van der Waals surface area (Å²) in [5.41, 5.74) is 4.36. The van der Waals surface area contributed by atoms with Crippen LogP contribution in [0.2, 0.25) is 5.02 Å². The highest BCUT2D eigenvalue weighted by Crippen LogP contribution is 2.16. The van der Waals surface area contributed by atoms with Gasteiger partial charge in [0.15, 0.2) is 0 Å². The summed E-state index contributed by atoms with van der Waals surface area (Å²) in [6.45, 7) is 1.62. The first-order valence-electron chi connectivity index (χ1n) is 8.39. The molecule has 5 nitrogen and oxygen atoms in total. The minimum absolute atomic E-state index is 0.196. The van der Waals surface area contributed by atoms with E-state index in [9.17, 15) is 9.59 Å². The van der Waals surface area contributed by atoms with E-state index >= 15 is 0 Å². The van der Waals surface area contributed by atoms with Crippen LogP contribution in [0.4, 0.5) is 0 Å². The lowest BCUT2D eigenvalue weighted by molar-refractivity contribution is -0.120. The number of hydrogen-bond donors (Lipinski definition) is 2. The van der Waals surface area contributed by atoms with Crippen LogP contribution in [0.25, 0.3) is 10.8 Å². The molecule has 0 atom stereocenters. The second-order valence-corrected chi connectivity index (χ2v) is 6.36. The van der Waals surface area contributed by atoms with E-state index in [1.54, 1.807) is 24.3 Å². The predicted octanol–water partition coefficient (Wildman–Crippen LogP) is 3.76. The molecular formula is C21H18ClN3O2. The number of rotatable bonds is 5. The Bertz CT molecular complexity index is 1030. The van der Waals surface area contributed by atoms with E-state index in [0.29, 0.717) is 16.3 Å². The molecule has 0 saturated heterocycles. The van der Waals surface area contributed by atoms with Crippen molar-refractivity contribution >= 4 is 39.9 Å². The second-order valence-electron chi connectivity index (χ2n) is 5.96. The molecule has 3 rings (SSSR count). The van der Waals surface area contributed by atoms with E-state index in [1.807, 2.05) is 49.4 Å². The summed E-state index contributed by atoms with van der Waals surface area (Å²) in [4.78, 5) is 24.0. The number of benzene rings is 3. The zero-order chi connectivity index (χ0) is 19.2. The van der Waals surface area contributed by atoms with Crippen LogP contribution >= 0.6 is 11.6 Å². The van der Waals surface area contributed by atoms with Gasteiger partial charge < -0.3 is 5.32 Å². The van der Waals surface area contributed by atoms with Crippen molar-refractivity contribution in [3.8, 4) is 0 Å². The number of carbonyl (C=O) groups excluding carboxylic acids is 2. The largest absolute Gasteiger partial charge is 0.343 e. The summed E-state index contributed by atoms with van der Waals surface area (Å²) < 4.78 is 0. The Morgan fingerprint density at radius 1 is 0.963 bits per heavy atom. The molecule has 0 aliphatic rings. The fraction of sp³-hybridized carbons (Fsp3) is 0.0952. The third-order valence-electron chi connectivity index (χ3n) is 4.04. The number of carbonyl (C=O) groups is 2. The number of fused-ring (bicyclic) bond motifs is 1. The van der Waals surface area contributed by atoms with Crippen LogP contribution in [0.15, 0.2) is 71.8 Å². The molecule has 136 valence electrons. The summed E-state index contributed by atoms with van der Waals surface area (Å²) in [5, 5.41) is 9.20. The summed E-state index contributed by atoms with van der Waals surface area (Å²) in [7, 11) is 0. The van der Waals surface area contributed by atoms with Gasteiger partial charge in [0.25, 0.3) is 11.8 Å². The van der Waals surface area contributed by atoms with Crippen LogP contribution in [0, 0.1) is 0 Å². The molecule has 6 heteroatoms. The van der Waals surface area contributed by atoms with Crippen molar-refractivity contribution in [2.75, 3.05) is 6.54 Å². The molecule has 0 fully saturated rings. The van der Waals surface area contributed by atoms with Crippen molar-refractivity contribution in [3.05, 3.63) is 82.9 Å². The number of nitrogens with one attached hydrogen (secondary N) is 2. The van der Waals surface area contributed by atoms with Gasteiger partial charge in [-0.2, -0.15) is 5.10 Å². The molecule has 0 spiro atoms. The first-order chi connectivity index (χ1) is 13.0. The minimum Gasteiger partial charge on any atom is -0.343 e. The van der Waals surface area contributed by atoms with Crippen LogP contribution in [0.5, 0.6) is 0 Å². The highest BCUT2D eigenvalue weighted by molar-refractivity contribution is 6.33. The average molecular weight is 380 g/mol. The van der Waals surface area contributed by atoms with Crippen LogP contribution in [-0.4, -0.2) is 24.1 Å². The van der Waals surface area contributed by atoms with E-state index < -0.39 is 11.8 Å². The molecule has 3 aromatic carbocycles. The molecule has 27 heavy (non-hydrogen) atoms. The molecule has 0 aliphatic heterocycles. The maximum atomic E-state index is 12.0. The van der Waals surface area contributed by atoms with Crippen LogP contribution < -0.4 is 10.7 Å². The lowest BCUT2D eigenvalue weighted by atomic mass is 10.0. The number of halogens is 1. The van der Waals surface area contributed by atoms with Crippen molar-refractivity contribution < 1.29 is 9.59 Å². The van der Waals surface area contributed by atoms with Gasteiger partial charge in [-0.15, -0.1) is 0 Å². The molecule has 0 aliphatic carbocycles. The molecule has 0 radical (unpaired) electrons. The van der Waals surface area contributed by atoms with Gasteiger partial charge in [0.05, 0.1) is 22.8 Å². The molecule has 0 unspecified atom stereocenters. The zero-order valence-corrected chi connectivity index (χ0v) is 15.5. The van der Waals surface area contributed by atoms with Crippen molar-refractivity contribution in [1.29, 1.82) is 0 Å². The standard InChI is InChI=1S/C21H18ClN3O2/c1-14(16-11-10-15-6-2-3-7-17(15)12-16)24-25-20(26)13-23-21(27)18-8-4-5-9-19(18)22/h2-12H,13H2,1H3,(H,23,27)(H,25,26)/b24-14-. The number of amides is 2. The molecule has 0 bridgehead atoms. The van der Waals surface area contributed by atoms with Gasteiger partial charge in [-0.05, 0) is 41.5 Å². The van der Waals surface area contributed by atoms with Crippen molar-refractivity contribution in [2.24, 2.45) is 5.10 Å². The first kappa shape index (κ1) is 18.6. The lowest BCUT2D eigenvalue weighted by Gasteiger charge is -2.07. The SMILES string of the molecule is C/C(=N/NC(=O)CNC(=O)c1ccccc1Cl)c1ccc2ccccc2c1. The highest BCUT2D eigenvalue weighted by atomic mass is 35.5. The fourth-order valence-corrected chi connectivity index (χ4v) is 2.79. The smallest absolute Gasteiger partial charge is 0.259 e. The Labute approximate surface area is 162 Å². The van der Waals surface area contributed by atoms with E-state index in [1.165, 1.54) is 0 Å². The molecule has 0 aromatic heterocycles. The number of hydrazone groups is 1. The zero-order valence-electron chi connectivity index (χ0n) is 14.7. The fourth-order valence-electron chi connectivity index (χ4n) is 2.57.